The van der Waals surface area contributed by atoms with E-state index in [0.717, 1.165) is 50.5 Å². The van der Waals surface area contributed by atoms with Crippen molar-refractivity contribution < 1.29 is 0 Å². The number of hydrogen-bond donors (Lipinski definition) is 1. The summed E-state index contributed by atoms with van der Waals surface area (Å²) in [5.74, 6) is 2.84. The van der Waals surface area contributed by atoms with Gasteiger partial charge in [0.05, 0.1) is 6.54 Å². The molecule has 0 aromatic carbocycles. The number of piperazine rings is 1. The number of nitrogens with zero attached hydrogens (tertiary/aromatic N) is 4. The number of hydrogen-bond acceptors (Lipinski definition) is 3. The van der Waals surface area contributed by atoms with Gasteiger partial charge in [0.15, 0.2) is 5.96 Å². The van der Waals surface area contributed by atoms with E-state index in [-0.39, 0.29) is 24.0 Å². The van der Waals surface area contributed by atoms with E-state index in [1.54, 1.807) is 0 Å². The number of nitrogens with one attached hydrogen (secondary N) is 1. The van der Waals surface area contributed by atoms with Crippen LogP contribution in [0.1, 0.15) is 40.0 Å². The van der Waals surface area contributed by atoms with Gasteiger partial charge in [-0.25, -0.2) is 0 Å². The van der Waals surface area contributed by atoms with E-state index in [2.05, 4.69) is 54.9 Å². The lowest BCUT2D eigenvalue weighted by Crippen LogP contribution is -2.51. The largest absolute Gasteiger partial charge is 0.357 e. The molecule has 25 heavy (non-hydrogen) atoms. The molecule has 0 aromatic rings. The topological polar surface area (TPSA) is 34.1 Å². The average molecular weight is 465 g/mol. The van der Waals surface area contributed by atoms with Crippen LogP contribution in [0.25, 0.3) is 0 Å². The van der Waals surface area contributed by atoms with Crippen LogP contribution in [-0.4, -0.2) is 86.6 Å². The zero-order valence-electron chi connectivity index (χ0n) is 17.0. The van der Waals surface area contributed by atoms with Gasteiger partial charge in [0.2, 0.25) is 0 Å². The summed E-state index contributed by atoms with van der Waals surface area (Å²) < 4.78 is 0. The summed E-state index contributed by atoms with van der Waals surface area (Å²) in [5, 5.41) is 3.53. The Balaban J connectivity index is 0.00000312. The van der Waals surface area contributed by atoms with Gasteiger partial charge in [-0.1, -0.05) is 26.7 Å². The molecular weight excluding hydrogens is 425 g/mol. The first kappa shape index (κ1) is 23.0. The molecule has 0 bridgehead atoms. The molecule has 148 valence electrons. The molecule has 1 N–H and O–H groups in total. The maximum absolute atomic E-state index is 5.01. The van der Waals surface area contributed by atoms with Crippen LogP contribution in [0.2, 0.25) is 0 Å². The highest BCUT2D eigenvalue weighted by Crippen LogP contribution is 2.28. The quantitative estimate of drug-likeness (QED) is 0.372. The van der Waals surface area contributed by atoms with Crippen molar-refractivity contribution in [1.29, 1.82) is 0 Å². The highest BCUT2D eigenvalue weighted by atomic mass is 127. The van der Waals surface area contributed by atoms with Crippen molar-refractivity contribution in [3.8, 4) is 0 Å². The third-order valence-electron chi connectivity index (χ3n) is 6.01. The van der Waals surface area contributed by atoms with Crippen molar-refractivity contribution in [2.75, 3.05) is 59.9 Å². The van der Waals surface area contributed by atoms with Crippen molar-refractivity contribution in [2.45, 2.75) is 46.1 Å². The Morgan fingerprint density at radius 3 is 2.44 bits per heavy atom. The van der Waals surface area contributed by atoms with Crippen LogP contribution >= 0.6 is 24.0 Å². The lowest BCUT2D eigenvalue weighted by Gasteiger charge is -2.37. The molecule has 0 aliphatic carbocycles. The highest BCUT2D eigenvalue weighted by Gasteiger charge is 2.29. The minimum atomic E-state index is 0. The molecule has 2 saturated heterocycles. The maximum atomic E-state index is 5.01. The lowest BCUT2D eigenvalue weighted by atomic mass is 9.87. The lowest BCUT2D eigenvalue weighted by molar-refractivity contribution is 0.119. The van der Waals surface area contributed by atoms with Gasteiger partial charge in [-0.05, 0) is 39.3 Å². The fourth-order valence-electron chi connectivity index (χ4n) is 4.24. The molecular formula is C19H40IN5. The summed E-state index contributed by atoms with van der Waals surface area (Å²) in [7, 11) is 4.45. The number of guanidine groups is 1. The SMILES string of the molecule is CCNC(=NCC1CN(C)CCN1C)N1CCC(C(CC)CC)C1.I. The number of halogens is 1. The van der Waals surface area contributed by atoms with Crippen LogP contribution in [0.5, 0.6) is 0 Å². The van der Waals surface area contributed by atoms with E-state index in [0.29, 0.717) is 6.04 Å². The Labute approximate surface area is 172 Å². The molecule has 2 atom stereocenters. The van der Waals surface area contributed by atoms with E-state index in [4.69, 9.17) is 4.99 Å². The Hall–Kier alpha value is -0.0800. The second kappa shape index (κ2) is 11.6. The monoisotopic (exact) mass is 465 g/mol. The van der Waals surface area contributed by atoms with Crippen LogP contribution in [0.15, 0.2) is 4.99 Å². The van der Waals surface area contributed by atoms with Gasteiger partial charge >= 0.3 is 0 Å². The van der Waals surface area contributed by atoms with E-state index in [9.17, 15) is 0 Å². The minimum Gasteiger partial charge on any atom is -0.357 e. The summed E-state index contributed by atoms with van der Waals surface area (Å²) in [5.41, 5.74) is 0. The molecule has 0 saturated carbocycles. The molecule has 2 aliphatic rings. The van der Waals surface area contributed by atoms with Crippen LogP contribution in [-0.2, 0) is 0 Å². The third-order valence-corrected chi connectivity index (χ3v) is 6.01. The van der Waals surface area contributed by atoms with Crippen LogP contribution in [0.4, 0.5) is 0 Å². The first-order chi connectivity index (χ1) is 11.6. The van der Waals surface area contributed by atoms with Crippen LogP contribution in [0, 0.1) is 11.8 Å². The summed E-state index contributed by atoms with van der Waals surface area (Å²) in [6, 6.07) is 0.537. The first-order valence-corrected chi connectivity index (χ1v) is 10.0. The zero-order chi connectivity index (χ0) is 17.5. The molecule has 0 aromatic heterocycles. The minimum absolute atomic E-state index is 0. The smallest absolute Gasteiger partial charge is 0.193 e. The van der Waals surface area contributed by atoms with Crippen molar-refractivity contribution in [3.05, 3.63) is 0 Å². The number of likely N-dealkylation sites (tertiary alicyclic amines) is 1. The van der Waals surface area contributed by atoms with Gasteiger partial charge in [0.1, 0.15) is 0 Å². The normalized spacial score (nSPS) is 26.2. The summed E-state index contributed by atoms with van der Waals surface area (Å²) in [4.78, 5) is 12.4. The predicted octanol–water partition coefficient (Wildman–Crippen LogP) is 2.57. The molecule has 2 unspecified atom stereocenters. The van der Waals surface area contributed by atoms with E-state index < -0.39 is 0 Å². The summed E-state index contributed by atoms with van der Waals surface area (Å²) in [6.07, 6.45) is 3.94. The molecule has 0 radical (unpaired) electrons. The molecule has 6 heteroatoms. The third kappa shape index (κ3) is 6.54. The van der Waals surface area contributed by atoms with Crippen LogP contribution in [0.3, 0.4) is 0 Å². The van der Waals surface area contributed by atoms with Gasteiger partial charge in [0, 0.05) is 45.3 Å². The highest BCUT2D eigenvalue weighted by molar-refractivity contribution is 14.0. The fourth-order valence-corrected chi connectivity index (χ4v) is 4.24. The molecule has 2 heterocycles. The van der Waals surface area contributed by atoms with Gasteiger partial charge < -0.3 is 15.1 Å². The number of aliphatic imine (C=N–C) groups is 1. The molecule has 0 spiro atoms. The van der Waals surface area contributed by atoms with E-state index >= 15 is 0 Å². The van der Waals surface area contributed by atoms with Gasteiger partial charge in [-0.2, -0.15) is 0 Å². The molecule has 0 amide bonds. The number of likely N-dealkylation sites (N-methyl/N-ethyl adjacent to an activating group) is 2. The molecule has 5 nitrogen and oxygen atoms in total. The maximum Gasteiger partial charge on any atom is 0.193 e. The van der Waals surface area contributed by atoms with Crippen molar-refractivity contribution in [2.24, 2.45) is 16.8 Å². The zero-order valence-corrected chi connectivity index (χ0v) is 19.3. The number of rotatable bonds is 6. The van der Waals surface area contributed by atoms with E-state index in [1.165, 1.54) is 32.4 Å². The molecule has 2 aliphatic heterocycles. The van der Waals surface area contributed by atoms with Gasteiger partial charge in [-0.15, -0.1) is 24.0 Å². The molecule has 2 fully saturated rings. The van der Waals surface area contributed by atoms with Gasteiger partial charge in [-0.3, -0.25) is 9.89 Å². The summed E-state index contributed by atoms with van der Waals surface area (Å²) >= 11 is 0. The average Bonchev–Trinajstić information content (AvgIpc) is 3.05. The van der Waals surface area contributed by atoms with Crippen molar-refractivity contribution >= 4 is 29.9 Å². The summed E-state index contributed by atoms with van der Waals surface area (Å²) in [6.45, 7) is 14.5. The van der Waals surface area contributed by atoms with Crippen LogP contribution < -0.4 is 5.32 Å². The van der Waals surface area contributed by atoms with Gasteiger partial charge in [0.25, 0.3) is 0 Å². The van der Waals surface area contributed by atoms with E-state index in [1.807, 2.05) is 0 Å². The van der Waals surface area contributed by atoms with Crippen molar-refractivity contribution in [3.63, 3.8) is 0 Å². The Kier molecular flexibility index (Phi) is 10.6. The predicted molar refractivity (Wildman–Crippen MR) is 119 cm³/mol. The van der Waals surface area contributed by atoms with Crippen molar-refractivity contribution in [1.82, 2.24) is 20.0 Å². The molecule has 2 rings (SSSR count). The first-order valence-electron chi connectivity index (χ1n) is 10.0. The second-order valence-corrected chi connectivity index (χ2v) is 7.66. The Morgan fingerprint density at radius 1 is 1.08 bits per heavy atom. The second-order valence-electron chi connectivity index (χ2n) is 7.66. The fraction of sp³-hybridized carbons (Fsp3) is 0.947. The Bertz CT molecular complexity index is 399. The Morgan fingerprint density at radius 2 is 1.80 bits per heavy atom. The standard InChI is InChI=1S/C19H39N5.HI/c1-6-16(7-2)17-9-10-24(14-17)19(20-8-3)21-13-18-15-22(4)11-12-23(18)5;/h16-18H,6-15H2,1-5H3,(H,20,21);1H.